The molecule has 1 aromatic carbocycles. The third-order valence-corrected chi connectivity index (χ3v) is 3.95. The lowest BCUT2D eigenvalue weighted by Crippen LogP contribution is -2.25. The summed E-state index contributed by atoms with van der Waals surface area (Å²) in [6.07, 6.45) is 2.61. The number of nitrogens with one attached hydrogen (secondary N) is 1. The van der Waals surface area contributed by atoms with Gasteiger partial charge < -0.3 is 0 Å². The molecule has 0 aliphatic rings. The topological polar surface area (TPSA) is 70.0 Å². The Hall–Kier alpha value is -1.45. The van der Waals surface area contributed by atoms with Crippen LogP contribution in [-0.2, 0) is 10.0 Å². The molecule has 0 radical (unpaired) electrons. The highest BCUT2D eigenvalue weighted by Crippen LogP contribution is 2.17. The minimum absolute atomic E-state index is 0.289. The van der Waals surface area contributed by atoms with Crippen LogP contribution in [0.5, 0.6) is 0 Å². The smallest absolute Gasteiger partial charge is 0.211 e. The van der Waals surface area contributed by atoms with Gasteiger partial charge in [-0.1, -0.05) is 25.8 Å². The molecule has 0 heterocycles. The fourth-order valence-corrected chi connectivity index (χ4v) is 2.73. The Bertz CT molecular complexity index is 550. The molecule has 1 rings (SSSR count). The van der Waals surface area contributed by atoms with Crippen LogP contribution in [0.3, 0.4) is 0 Å². The number of sulfonamides is 1. The number of hydrogen-bond acceptors (Lipinski definition) is 3. The number of nitrogens with zero attached hydrogens (tertiary/aromatic N) is 1. The van der Waals surface area contributed by atoms with Crippen molar-refractivity contribution in [2.45, 2.75) is 31.1 Å². The maximum Gasteiger partial charge on any atom is 0.241 e. The summed E-state index contributed by atoms with van der Waals surface area (Å²) in [5.74, 6) is -0.825. The van der Waals surface area contributed by atoms with Crippen molar-refractivity contribution in [1.29, 1.82) is 5.26 Å². The maximum absolute atomic E-state index is 13.3. The molecule has 18 heavy (non-hydrogen) atoms. The molecule has 0 saturated heterocycles. The second-order valence-electron chi connectivity index (χ2n) is 3.83. The Labute approximate surface area is 106 Å². The molecular weight excluding hydrogens is 255 g/mol. The van der Waals surface area contributed by atoms with E-state index in [4.69, 9.17) is 5.26 Å². The van der Waals surface area contributed by atoms with Gasteiger partial charge in [0.15, 0.2) is 0 Å². The monoisotopic (exact) mass is 270 g/mol. The molecule has 0 aliphatic carbocycles. The highest BCUT2D eigenvalue weighted by Gasteiger charge is 2.20. The fraction of sp³-hybridized carbons (Fsp3) is 0.417. The highest BCUT2D eigenvalue weighted by atomic mass is 32.2. The van der Waals surface area contributed by atoms with E-state index in [1.54, 1.807) is 6.07 Å². The first-order valence-corrected chi connectivity index (χ1v) is 7.19. The first kappa shape index (κ1) is 14.6. The van der Waals surface area contributed by atoms with E-state index < -0.39 is 21.4 Å². The quantitative estimate of drug-likeness (QED) is 0.805. The Kier molecular flexibility index (Phi) is 5.25. The van der Waals surface area contributed by atoms with E-state index in [1.165, 1.54) is 12.1 Å². The van der Waals surface area contributed by atoms with Gasteiger partial charge in [0.25, 0.3) is 0 Å². The second kappa shape index (κ2) is 6.47. The minimum atomic E-state index is -3.82. The van der Waals surface area contributed by atoms with Gasteiger partial charge in [-0.25, -0.2) is 17.5 Å². The summed E-state index contributed by atoms with van der Waals surface area (Å²) in [5.41, 5.74) is -0.444. The predicted molar refractivity (Wildman–Crippen MR) is 65.8 cm³/mol. The van der Waals surface area contributed by atoms with Gasteiger partial charge in [0, 0.05) is 6.54 Å². The molecular formula is C12H15FN2O2S. The van der Waals surface area contributed by atoms with E-state index in [9.17, 15) is 12.8 Å². The summed E-state index contributed by atoms with van der Waals surface area (Å²) in [5, 5.41) is 8.79. The molecule has 0 saturated carbocycles. The van der Waals surface area contributed by atoms with Crippen LogP contribution in [-0.4, -0.2) is 15.0 Å². The second-order valence-corrected chi connectivity index (χ2v) is 5.57. The SMILES string of the molecule is CCCCCNS(=O)(=O)c1cccc(F)c1C#N. The van der Waals surface area contributed by atoms with E-state index in [1.807, 2.05) is 6.92 Å². The van der Waals surface area contributed by atoms with Crippen LogP contribution < -0.4 is 4.72 Å². The molecule has 1 N–H and O–H groups in total. The molecule has 0 aliphatic heterocycles. The molecule has 0 unspecified atom stereocenters. The Morgan fingerprint density at radius 2 is 2.11 bits per heavy atom. The van der Waals surface area contributed by atoms with Gasteiger partial charge in [-0.05, 0) is 18.6 Å². The number of rotatable bonds is 6. The van der Waals surface area contributed by atoms with Gasteiger partial charge in [-0.15, -0.1) is 0 Å². The summed E-state index contributed by atoms with van der Waals surface area (Å²) in [6, 6.07) is 5.14. The lowest BCUT2D eigenvalue weighted by molar-refractivity contribution is 0.571. The van der Waals surface area contributed by atoms with E-state index in [-0.39, 0.29) is 11.4 Å². The van der Waals surface area contributed by atoms with E-state index >= 15 is 0 Å². The minimum Gasteiger partial charge on any atom is -0.211 e. The Morgan fingerprint density at radius 1 is 1.39 bits per heavy atom. The zero-order chi connectivity index (χ0) is 13.6. The number of unbranched alkanes of at least 4 members (excludes halogenated alkanes) is 2. The number of hydrogen-bond donors (Lipinski definition) is 1. The van der Waals surface area contributed by atoms with E-state index in [2.05, 4.69) is 4.72 Å². The van der Waals surface area contributed by atoms with Gasteiger partial charge in [0.05, 0.1) is 0 Å². The van der Waals surface area contributed by atoms with Crippen molar-refractivity contribution >= 4 is 10.0 Å². The third kappa shape index (κ3) is 3.52. The van der Waals surface area contributed by atoms with Crippen molar-refractivity contribution in [3.63, 3.8) is 0 Å². The standard InChI is InChI=1S/C12H15FN2O2S/c1-2-3-4-8-15-18(16,17)12-7-5-6-11(13)10(12)9-14/h5-7,15H,2-4,8H2,1H3. The zero-order valence-electron chi connectivity index (χ0n) is 10.1. The van der Waals surface area contributed by atoms with Gasteiger partial charge in [-0.3, -0.25) is 0 Å². The van der Waals surface area contributed by atoms with Crippen molar-refractivity contribution in [2.24, 2.45) is 0 Å². The van der Waals surface area contributed by atoms with Crippen LogP contribution in [0.15, 0.2) is 23.1 Å². The molecule has 4 nitrogen and oxygen atoms in total. The molecule has 0 bridgehead atoms. The number of benzene rings is 1. The van der Waals surface area contributed by atoms with Crippen molar-refractivity contribution in [3.8, 4) is 6.07 Å². The van der Waals surface area contributed by atoms with Gasteiger partial charge >= 0.3 is 0 Å². The largest absolute Gasteiger partial charge is 0.241 e. The molecule has 98 valence electrons. The van der Waals surface area contributed by atoms with E-state index in [0.29, 0.717) is 6.42 Å². The molecule has 6 heteroatoms. The van der Waals surface area contributed by atoms with Crippen LogP contribution in [0.1, 0.15) is 31.7 Å². The zero-order valence-corrected chi connectivity index (χ0v) is 10.9. The average molecular weight is 270 g/mol. The molecule has 0 fully saturated rings. The summed E-state index contributed by atoms with van der Waals surface area (Å²) < 4.78 is 39.5. The van der Waals surface area contributed by atoms with Gasteiger partial charge in [-0.2, -0.15) is 5.26 Å². The molecule has 0 spiro atoms. The maximum atomic E-state index is 13.3. The van der Waals surface area contributed by atoms with Crippen LogP contribution >= 0.6 is 0 Å². The number of nitriles is 1. The lowest BCUT2D eigenvalue weighted by atomic mass is 10.2. The summed E-state index contributed by atoms with van der Waals surface area (Å²) >= 11 is 0. The van der Waals surface area contributed by atoms with Crippen molar-refractivity contribution in [1.82, 2.24) is 4.72 Å². The highest BCUT2D eigenvalue weighted by molar-refractivity contribution is 7.89. The van der Waals surface area contributed by atoms with Crippen LogP contribution in [0, 0.1) is 17.1 Å². The van der Waals surface area contributed by atoms with Crippen LogP contribution in [0.4, 0.5) is 4.39 Å². The van der Waals surface area contributed by atoms with Crippen molar-refractivity contribution in [3.05, 3.63) is 29.6 Å². The predicted octanol–water partition coefficient (Wildman–Crippen LogP) is 2.17. The first-order valence-electron chi connectivity index (χ1n) is 5.71. The third-order valence-electron chi connectivity index (χ3n) is 2.45. The van der Waals surface area contributed by atoms with Crippen LogP contribution in [0.25, 0.3) is 0 Å². The van der Waals surface area contributed by atoms with E-state index in [0.717, 1.165) is 18.9 Å². The van der Waals surface area contributed by atoms with Gasteiger partial charge in [0.2, 0.25) is 10.0 Å². The van der Waals surface area contributed by atoms with Crippen LogP contribution in [0.2, 0.25) is 0 Å². The Morgan fingerprint density at radius 3 is 2.72 bits per heavy atom. The first-order chi connectivity index (χ1) is 8.53. The summed E-state index contributed by atoms with van der Waals surface area (Å²) in [6.45, 7) is 2.30. The number of halogens is 1. The summed E-state index contributed by atoms with van der Waals surface area (Å²) in [7, 11) is -3.82. The Balaban J connectivity index is 2.93. The van der Waals surface area contributed by atoms with Crippen molar-refractivity contribution < 1.29 is 12.8 Å². The molecule has 1 aromatic rings. The normalized spacial score (nSPS) is 11.2. The fourth-order valence-electron chi connectivity index (χ4n) is 1.50. The molecule has 0 aromatic heterocycles. The van der Waals surface area contributed by atoms with Crippen molar-refractivity contribution in [2.75, 3.05) is 6.54 Å². The average Bonchev–Trinajstić information content (AvgIpc) is 2.34. The molecule has 0 atom stereocenters. The van der Waals surface area contributed by atoms with Gasteiger partial charge in [0.1, 0.15) is 22.3 Å². The molecule has 0 amide bonds. The lowest BCUT2D eigenvalue weighted by Gasteiger charge is -2.08. The summed E-state index contributed by atoms with van der Waals surface area (Å²) in [4.78, 5) is -0.304.